The molecular formula is C26H56N4O5. The van der Waals surface area contributed by atoms with Crippen molar-refractivity contribution in [3.05, 3.63) is 0 Å². The Labute approximate surface area is 215 Å². The van der Waals surface area contributed by atoms with Crippen molar-refractivity contribution in [1.82, 2.24) is 21.1 Å². The number of ether oxygens (including phenoxy) is 1. The molecule has 0 aliphatic rings. The normalized spacial score (nSPS) is 11.1. The number of hydrazine groups is 1. The Bertz CT molecular complexity index is 540. The van der Waals surface area contributed by atoms with E-state index in [-0.39, 0.29) is 36.3 Å². The largest absolute Gasteiger partial charge is 0.375 e. The molecule has 0 fully saturated rings. The highest BCUT2D eigenvalue weighted by Gasteiger charge is 2.24. The molecule has 0 heterocycles. The minimum absolute atomic E-state index is 0.104. The Balaban J connectivity index is -0.000000461. The number of hydrogen-bond donors (Lipinski definition) is 3. The monoisotopic (exact) mass is 504 g/mol. The van der Waals surface area contributed by atoms with Crippen LogP contribution in [-0.4, -0.2) is 60.9 Å². The summed E-state index contributed by atoms with van der Waals surface area (Å²) >= 11 is 0. The molecule has 0 aromatic rings. The first-order valence-electron chi connectivity index (χ1n) is 13.0. The summed E-state index contributed by atoms with van der Waals surface area (Å²) in [6.07, 6.45) is 4.59. The van der Waals surface area contributed by atoms with Crippen LogP contribution in [0.1, 0.15) is 108 Å². The van der Waals surface area contributed by atoms with Crippen molar-refractivity contribution in [2.75, 3.05) is 20.2 Å². The van der Waals surface area contributed by atoms with Gasteiger partial charge in [0.1, 0.15) is 0 Å². The van der Waals surface area contributed by atoms with E-state index in [1.165, 1.54) is 0 Å². The Morgan fingerprint density at radius 3 is 1.91 bits per heavy atom. The minimum Gasteiger partial charge on any atom is -0.375 e. The van der Waals surface area contributed by atoms with Crippen LogP contribution in [0, 0.1) is 5.92 Å². The Kier molecular flexibility index (Phi) is 28.8. The molecule has 0 saturated heterocycles. The lowest BCUT2D eigenvalue weighted by molar-refractivity contribution is -0.141. The predicted octanol–water partition coefficient (Wildman–Crippen LogP) is 4.21. The topological polar surface area (TPSA) is 117 Å². The smallest absolute Gasteiger partial charge is 0.231 e. The van der Waals surface area contributed by atoms with E-state index in [4.69, 9.17) is 4.74 Å². The van der Waals surface area contributed by atoms with E-state index in [2.05, 4.69) is 36.9 Å². The van der Waals surface area contributed by atoms with Crippen molar-refractivity contribution in [1.29, 1.82) is 0 Å². The van der Waals surface area contributed by atoms with Crippen molar-refractivity contribution in [3.8, 4) is 0 Å². The van der Waals surface area contributed by atoms with Crippen LogP contribution >= 0.6 is 0 Å². The molecule has 0 rings (SSSR count). The maximum Gasteiger partial charge on any atom is 0.231 e. The van der Waals surface area contributed by atoms with Gasteiger partial charge in [0, 0.05) is 38.1 Å². The molecule has 9 nitrogen and oxygen atoms in total. The third kappa shape index (κ3) is 24.9. The first kappa shape index (κ1) is 40.2. The predicted molar refractivity (Wildman–Crippen MR) is 145 cm³/mol. The van der Waals surface area contributed by atoms with Gasteiger partial charge in [-0.15, -0.1) is 0 Å². The number of nitrogens with one attached hydrogen (secondary N) is 3. The van der Waals surface area contributed by atoms with Gasteiger partial charge in [-0.1, -0.05) is 54.9 Å². The maximum absolute atomic E-state index is 12.2. The zero-order valence-corrected chi connectivity index (χ0v) is 24.7. The van der Waals surface area contributed by atoms with Gasteiger partial charge < -0.3 is 10.1 Å². The second kappa shape index (κ2) is 25.1. The summed E-state index contributed by atoms with van der Waals surface area (Å²) < 4.78 is 5.92. The van der Waals surface area contributed by atoms with Gasteiger partial charge in [0.05, 0.1) is 5.60 Å². The van der Waals surface area contributed by atoms with E-state index >= 15 is 0 Å². The minimum atomic E-state index is -0.411. The first-order valence-corrected chi connectivity index (χ1v) is 13.0. The van der Waals surface area contributed by atoms with Crippen molar-refractivity contribution < 1.29 is 23.9 Å². The number of nitrogens with zero attached hydrogens (tertiary/aromatic N) is 1. The quantitative estimate of drug-likeness (QED) is 0.227. The Hall–Kier alpha value is -2.00. The van der Waals surface area contributed by atoms with Crippen LogP contribution in [0.3, 0.4) is 0 Å². The van der Waals surface area contributed by atoms with Gasteiger partial charge in [-0.2, -0.15) is 0 Å². The van der Waals surface area contributed by atoms with E-state index < -0.39 is 5.54 Å². The second-order valence-electron chi connectivity index (χ2n) is 8.75. The molecular weight excluding hydrogens is 448 g/mol. The second-order valence-corrected chi connectivity index (χ2v) is 8.75. The number of amides is 4. The van der Waals surface area contributed by atoms with Gasteiger partial charge >= 0.3 is 0 Å². The van der Waals surface area contributed by atoms with Gasteiger partial charge in [-0.3, -0.25) is 29.5 Å². The number of carbonyl (C=O) groups is 4. The molecule has 0 aliphatic heterocycles. The van der Waals surface area contributed by atoms with Gasteiger partial charge in [-0.05, 0) is 47.0 Å². The lowest BCUT2D eigenvalue weighted by Gasteiger charge is -2.30. The number of rotatable bonds is 15. The van der Waals surface area contributed by atoms with Gasteiger partial charge in [0.15, 0.2) is 0 Å². The van der Waals surface area contributed by atoms with Gasteiger partial charge in [0.2, 0.25) is 24.6 Å². The molecule has 1 atom stereocenters. The average Bonchev–Trinajstić information content (AvgIpc) is 2.81. The van der Waals surface area contributed by atoms with Crippen LogP contribution in [0.4, 0.5) is 0 Å². The zero-order chi connectivity index (χ0) is 28.5. The van der Waals surface area contributed by atoms with Crippen LogP contribution in [-0.2, 0) is 23.9 Å². The molecule has 0 bridgehead atoms. The molecule has 0 aliphatic carbocycles. The van der Waals surface area contributed by atoms with Crippen LogP contribution in [0.15, 0.2) is 0 Å². The molecule has 9 heteroatoms. The highest BCUT2D eigenvalue weighted by molar-refractivity contribution is 5.88. The van der Waals surface area contributed by atoms with E-state index in [0.717, 1.165) is 17.7 Å². The average molecular weight is 505 g/mol. The van der Waals surface area contributed by atoms with Crippen molar-refractivity contribution in [2.45, 2.75) is 119 Å². The molecule has 0 aromatic heterocycles. The molecule has 35 heavy (non-hydrogen) atoms. The summed E-state index contributed by atoms with van der Waals surface area (Å²) in [5.41, 5.74) is 4.01. The molecule has 210 valence electrons. The maximum atomic E-state index is 12.2. The number of carbonyl (C=O) groups excluding carboxylic acids is 4. The Morgan fingerprint density at radius 1 is 1.00 bits per heavy atom. The van der Waals surface area contributed by atoms with Crippen LogP contribution in [0.25, 0.3) is 0 Å². The number of imide groups is 1. The fraction of sp³-hybridized carbons (Fsp3) is 0.846. The third-order valence-electron chi connectivity index (χ3n) is 4.78. The standard InChI is InChI=1S/C20H38N2O4.C2H6N2O.2C2H6/c1-8-11-20(6,7)26-14-12-19(4,5)21-17(24)10-13-22(15-23)18(25)16(3)9-2;1-3-4-2-5;2*1-2/h15-16H,8-14H2,1-7H3,(H,21,24);2-3H,1H3,(H,4,5);2*1-2H3. The molecule has 3 N–H and O–H groups in total. The van der Waals surface area contributed by atoms with Crippen LogP contribution in [0.5, 0.6) is 0 Å². The van der Waals surface area contributed by atoms with Crippen molar-refractivity contribution in [2.24, 2.45) is 5.92 Å². The summed E-state index contributed by atoms with van der Waals surface area (Å²) in [6, 6.07) is 0. The molecule has 4 amide bonds. The summed E-state index contributed by atoms with van der Waals surface area (Å²) in [7, 11) is 1.62. The van der Waals surface area contributed by atoms with E-state index in [0.29, 0.717) is 32.3 Å². The van der Waals surface area contributed by atoms with E-state index in [1.54, 1.807) is 14.0 Å². The fourth-order valence-corrected chi connectivity index (χ4v) is 2.71. The first-order chi connectivity index (χ1) is 16.4. The zero-order valence-electron chi connectivity index (χ0n) is 24.7. The van der Waals surface area contributed by atoms with E-state index in [9.17, 15) is 19.2 Å². The molecule has 0 radical (unpaired) electrons. The van der Waals surface area contributed by atoms with E-state index in [1.807, 2.05) is 48.5 Å². The van der Waals surface area contributed by atoms with Gasteiger partial charge in [0.25, 0.3) is 0 Å². The molecule has 0 spiro atoms. The highest BCUT2D eigenvalue weighted by Crippen LogP contribution is 2.18. The summed E-state index contributed by atoms with van der Waals surface area (Å²) in [5.74, 6) is -0.629. The van der Waals surface area contributed by atoms with Crippen LogP contribution < -0.4 is 16.2 Å². The fourth-order valence-electron chi connectivity index (χ4n) is 2.71. The Morgan fingerprint density at radius 2 is 1.54 bits per heavy atom. The highest BCUT2D eigenvalue weighted by atomic mass is 16.5. The molecule has 0 aromatic carbocycles. The van der Waals surface area contributed by atoms with Crippen LogP contribution in [0.2, 0.25) is 0 Å². The summed E-state index contributed by atoms with van der Waals surface area (Å²) in [4.78, 5) is 45.7. The SMILES string of the molecule is CC.CC.CCCC(C)(C)OCCC(C)(C)NC(=O)CCN(C=O)C(=O)C(C)CC.CNNC=O. The lowest BCUT2D eigenvalue weighted by atomic mass is 9.99. The van der Waals surface area contributed by atoms with Crippen molar-refractivity contribution in [3.63, 3.8) is 0 Å². The van der Waals surface area contributed by atoms with Gasteiger partial charge in [-0.25, -0.2) is 5.43 Å². The number of hydrogen-bond acceptors (Lipinski definition) is 6. The molecule has 0 saturated carbocycles. The molecule has 1 unspecified atom stereocenters. The summed E-state index contributed by atoms with van der Waals surface area (Å²) in [6.45, 7) is 22.5. The summed E-state index contributed by atoms with van der Waals surface area (Å²) in [5, 5.41) is 2.96. The lowest BCUT2D eigenvalue weighted by Crippen LogP contribution is -2.46. The third-order valence-corrected chi connectivity index (χ3v) is 4.78. The van der Waals surface area contributed by atoms with Crippen molar-refractivity contribution >= 4 is 24.6 Å².